The maximum absolute atomic E-state index is 12.0. The van der Waals surface area contributed by atoms with Crippen LogP contribution in [0.15, 0.2) is 18.2 Å². The van der Waals surface area contributed by atoms with E-state index in [1.807, 2.05) is 25.1 Å². The molecule has 4 heteroatoms. The molecule has 1 aliphatic rings. The molecule has 0 saturated heterocycles. The van der Waals surface area contributed by atoms with Gasteiger partial charge in [-0.1, -0.05) is 13.0 Å². The second-order valence-electron chi connectivity index (χ2n) is 5.97. The molecule has 1 aromatic rings. The van der Waals surface area contributed by atoms with Crippen molar-refractivity contribution < 1.29 is 14.3 Å². The first kappa shape index (κ1) is 15.7. The van der Waals surface area contributed by atoms with Gasteiger partial charge >= 0.3 is 0 Å². The summed E-state index contributed by atoms with van der Waals surface area (Å²) < 4.78 is 10.8. The van der Waals surface area contributed by atoms with Gasteiger partial charge in [-0.15, -0.1) is 0 Å². The Hall–Kier alpha value is -1.71. The standard InChI is InChI=1S/C17H25NO3/c1-12-4-7-14(8-5-12)18-17(19)11-21-15-9-6-13(2)10-16(15)20-3/h6,9-10,12,14H,4-5,7-8,11H2,1-3H3,(H,18,19). The SMILES string of the molecule is COc1cc(C)ccc1OCC(=O)NC1CCC(C)CC1. The highest BCUT2D eigenvalue weighted by molar-refractivity contribution is 5.78. The van der Waals surface area contributed by atoms with Gasteiger partial charge in [-0.2, -0.15) is 0 Å². The predicted molar refractivity (Wildman–Crippen MR) is 82.8 cm³/mol. The number of carbonyl (C=O) groups excluding carboxylic acids is 1. The van der Waals surface area contributed by atoms with Gasteiger partial charge in [0.2, 0.25) is 0 Å². The van der Waals surface area contributed by atoms with E-state index in [-0.39, 0.29) is 12.5 Å². The Labute approximate surface area is 126 Å². The number of benzene rings is 1. The fourth-order valence-corrected chi connectivity index (χ4v) is 2.71. The fraction of sp³-hybridized carbons (Fsp3) is 0.588. The first-order valence-electron chi connectivity index (χ1n) is 7.65. The van der Waals surface area contributed by atoms with Crippen LogP contribution in [0, 0.1) is 12.8 Å². The molecular formula is C17H25NO3. The van der Waals surface area contributed by atoms with Gasteiger partial charge in [0.05, 0.1) is 7.11 Å². The number of methoxy groups -OCH3 is 1. The van der Waals surface area contributed by atoms with E-state index in [0.29, 0.717) is 17.5 Å². The van der Waals surface area contributed by atoms with Gasteiger partial charge in [-0.25, -0.2) is 0 Å². The minimum atomic E-state index is -0.0582. The molecule has 0 heterocycles. The molecule has 116 valence electrons. The van der Waals surface area contributed by atoms with Crippen LogP contribution in [-0.4, -0.2) is 25.7 Å². The number of rotatable bonds is 5. The lowest BCUT2D eigenvalue weighted by Gasteiger charge is -2.26. The number of nitrogens with one attached hydrogen (secondary N) is 1. The van der Waals surface area contributed by atoms with Crippen LogP contribution < -0.4 is 14.8 Å². The lowest BCUT2D eigenvalue weighted by Crippen LogP contribution is -2.39. The van der Waals surface area contributed by atoms with Crippen molar-refractivity contribution in [1.29, 1.82) is 0 Å². The van der Waals surface area contributed by atoms with Crippen molar-refractivity contribution in [2.45, 2.75) is 45.6 Å². The largest absolute Gasteiger partial charge is 0.493 e. The third-order valence-electron chi connectivity index (χ3n) is 4.06. The summed E-state index contributed by atoms with van der Waals surface area (Å²) in [6.45, 7) is 4.29. The highest BCUT2D eigenvalue weighted by atomic mass is 16.5. The van der Waals surface area contributed by atoms with Gasteiger partial charge in [0.15, 0.2) is 18.1 Å². The summed E-state index contributed by atoms with van der Waals surface area (Å²) in [4.78, 5) is 12.0. The van der Waals surface area contributed by atoms with Crippen LogP contribution in [0.3, 0.4) is 0 Å². The summed E-state index contributed by atoms with van der Waals surface area (Å²) in [5, 5.41) is 3.05. The summed E-state index contributed by atoms with van der Waals surface area (Å²) in [5.74, 6) is 1.99. The molecule has 1 N–H and O–H groups in total. The van der Waals surface area contributed by atoms with Gasteiger partial charge in [-0.3, -0.25) is 4.79 Å². The number of carbonyl (C=O) groups is 1. The van der Waals surface area contributed by atoms with E-state index in [0.717, 1.165) is 24.3 Å². The Bertz CT molecular complexity index is 479. The molecule has 2 rings (SSSR count). The number of hydrogen-bond donors (Lipinski definition) is 1. The van der Waals surface area contributed by atoms with Crippen molar-refractivity contribution in [3.05, 3.63) is 23.8 Å². The second kappa shape index (κ2) is 7.34. The molecule has 1 fully saturated rings. The van der Waals surface area contributed by atoms with Crippen molar-refractivity contribution in [2.75, 3.05) is 13.7 Å². The van der Waals surface area contributed by atoms with Crippen molar-refractivity contribution in [1.82, 2.24) is 5.32 Å². The summed E-state index contributed by atoms with van der Waals surface area (Å²) in [7, 11) is 1.60. The molecule has 0 radical (unpaired) electrons. The molecule has 1 aromatic carbocycles. The fourth-order valence-electron chi connectivity index (χ4n) is 2.71. The first-order chi connectivity index (χ1) is 10.1. The van der Waals surface area contributed by atoms with E-state index < -0.39 is 0 Å². The molecule has 4 nitrogen and oxygen atoms in total. The van der Waals surface area contributed by atoms with Crippen molar-refractivity contribution in [3.63, 3.8) is 0 Å². The zero-order valence-electron chi connectivity index (χ0n) is 13.1. The van der Waals surface area contributed by atoms with E-state index in [4.69, 9.17) is 9.47 Å². The topological polar surface area (TPSA) is 47.6 Å². The maximum Gasteiger partial charge on any atom is 0.258 e. The van der Waals surface area contributed by atoms with E-state index >= 15 is 0 Å². The van der Waals surface area contributed by atoms with Gasteiger partial charge in [-0.05, 0) is 56.2 Å². The Morgan fingerprint density at radius 2 is 1.95 bits per heavy atom. The van der Waals surface area contributed by atoms with Crippen LogP contribution in [0.5, 0.6) is 11.5 Å². The summed E-state index contributed by atoms with van der Waals surface area (Å²) >= 11 is 0. The number of hydrogen-bond acceptors (Lipinski definition) is 3. The van der Waals surface area contributed by atoms with Crippen molar-refractivity contribution in [2.24, 2.45) is 5.92 Å². The minimum Gasteiger partial charge on any atom is -0.493 e. The van der Waals surface area contributed by atoms with E-state index in [2.05, 4.69) is 12.2 Å². The van der Waals surface area contributed by atoms with Crippen LogP contribution in [-0.2, 0) is 4.79 Å². The smallest absolute Gasteiger partial charge is 0.258 e. The van der Waals surface area contributed by atoms with E-state index in [1.165, 1.54) is 12.8 Å². The molecule has 0 bridgehead atoms. The molecule has 0 aliphatic heterocycles. The normalized spacial score (nSPS) is 21.7. The summed E-state index contributed by atoms with van der Waals surface area (Å²) in [5.41, 5.74) is 1.10. The van der Waals surface area contributed by atoms with Crippen LogP contribution in [0.2, 0.25) is 0 Å². The molecule has 1 saturated carbocycles. The van der Waals surface area contributed by atoms with Gasteiger partial charge in [0, 0.05) is 6.04 Å². The van der Waals surface area contributed by atoms with Crippen molar-refractivity contribution >= 4 is 5.91 Å². The lowest BCUT2D eigenvalue weighted by molar-refractivity contribution is -0.124. The quantitative estimate of drug-likeness (QED) is 0.907. The summed E-state index contributed by atoms with van der Waals surface area (Å²) in [6, 6.07) is 5.98. The van der Waals surface area contributed by atoms with Crippen molar-refractivity contribution in [3.8, 4) is 11.5 Å². The van der Waals surface area contributed by atoms with Crippen LogP contribution in [0.1, 0.15) is 38.2 Å². The molecule has 0 aromatic heterocycles. The average molecular weight is 291 g/mol. The number of amides is 1. The zero-order chi connectivity index (χ0) is 15.2. The molecule has 0 spiro atoms. The molecular weight excluding hydrogens is 266 g/mol. The molecule has 21 heavy (non-hydrogen) atoms. The molecule has 1 aliphatic carbocycles. The Morgan fingerprint density at radius 3 is 2.62 bits per heavy atom. The zero-order valence-corrected chi connectivity index (χ0v) is 13.1. The minimum absolute atomic E-state index is 0.0332. The van der Waals surface area contributed by atoms with Crippen LogP contribution in [0.4, 0.5) is 0 Å². The van der Waals surface area contributed by atoms with E-state index in [1.54, 1.807) is 7.11 Å². The molecule has 1 amide bonds. The highest BCUT2D eigenvalue weighted by Gasteiger charge is 2.20. The van der Waals surface area contributed by atoms with Gasteiger partial charge < -0.3 is 14.8 Å². The predicted octanol–water partition coefficient (Wildman–Crippen LogP) is 3.08. The maximum atomic E-state index is 12.0. The Kier molecular flexibility index (Phi) is 5.48. The van der Waals surface area contributed by atoms with Gasteiger partial charge in [0.25, 0.3) is 5.91 Å². The second-order valence-corrected chi connectivity index (χ2v) is 5.97. The number of ether oxygens (including phenoxy) is 2. The van der Waals surface area contributed by atoms with Gasteiger partial charge in [0.1, 0.15) is 0 Å². The summed E-state index contributed by atoms with van der Waals surface area (Å²) in [6.07, 6.45) is 4.52. The Balaban J connectivity index is 1.81. The van der Waals surface area contributed by atoms with Crippen LogP contribution in [0.25, 0.3) is 0 Å². The molecule has 0 unspecified atom stereocenters. The van der Waals surface area contributed by atoms with E-state index in [9.17, 15) is 4.79 Å². The average Bonchev–Trinajstić information content (AvgIpc) is 2.48. The monoisotopic (exact) mass is 291 g/mol. The Morgan fingerprint density at radius 1 is 1.24 bits per heavy atom. The highest BCUT2D eigenvalue weighted by Crippen LogP contribution is 2.27. The van der Waals surface area contributed by atoms with Crippen LogP contribution >= 0.6 is 0 Å². The molecule has 0 atom stereocenters. The lowest BCUT2D eigenvalue weighted by atomic mass is 9.87. The third-order valence-corrected chi connectivity index (χ3v) is 4.06. The number of aryl methyl sites for hydroxylation is 1. The first-order valence-corrected chi connectivity index (χ1v) is 7.65. The third kappa shape index (κ3) is 4.66.